The molecule has 1 aliphatic rings. The number of para-hydroxylation sites is 1. The van der Waals surface area contributed by atoms with Gasteiger partial charge in [-0.3, -0.25) is 0 Å². The van der Waals surface area contributed by atoms with Gasteiger partial charge in [-0.15, -0.1) is 0 Å². The minimum absolute atomic E-state index is 0.499. The molecule has 0 spiro atoms. The Morgan fingerprint density at radius 1 is 0.955 bits per heavy atom. The smallest absolute Gasteiger partial charge is 0.0671 e. The van der Waals surface area contributed by atoms with E-state index in [1.165, 1.54) is 39.5 Å². The summed E-state index contributed by atoms with van der Waals surface area (Å²) in [5.41, 5.74) is 7.36. The summed E-state index contributed by atoms with van der Waals surface area (Å²) in [7, 11) is -1.20. The Labute approximate surface area is 133 Å². The third-order valence-corrected chi connectivity index (χ3v) is 6.02. The Kier molecular flexibility index (Phi) is 2.89. The summed E-state index contributed by atoms with van der Waals surface area (Å²) in [6, 6.07) is 17.9. The first-order valence-electron chi connectivity index (χ1n) is 8.18. The molecule has 1 aliphatic carbocycles. The lowest BCUT2D eigenvalue weighted by atomic mass is 9.97. The van der Waals surface area contributed by atoms with Crippen molar-refractivity contribution in [3.8, 4) is 11.3 Å². The Bertz CT molecular complexity index is 867. The van der Waals surface area contributed by atoms with Gasteiger partial charge in [0.25, 0.3) is 0 Å². The van der Waals surface area contributed by atoms with E-state index in [1.54, 1.807) is 0 Å². The zero-order valence-electron chi connectivity index (χ0n) is 13.9. The number of hydrogen-bond acceptors (Lipinski definition) is 0. The first-order chi connectivity index (χ1) is 10.5. The van der Waals surface area contributed by atoms with Crippen molar-refractivity contribution in [3.63, 3.8) is 0 Å². The summed E-state index contributed by atoms with van der Waals surface area (Å²) >= 11 is 0. The highest BCUT2D eigenvalue weighted by atomic mass is 28.3. The molecule has 0 fully saturated rings. The van der Waals surface area contributed by atoms with Crippen LogP contribution in [0.2, 0.25) is 19.6 Å². The minimum atomic E-state index is -1.20. The summed E-state index contributed by atoms with van der Waals surface area (Å²) in [4.78, 5) is 0. The normalized spacial score (nSPS) is 16.8. The largest absolute Gasteiger partial charge is 0.343 e. The average Bonchev–Trinajstić information content (AvgIpc) is 2.94. The predicted molar refractivity (Wildman–Crippen MR) is 98.2 cm³/mol. The van der Waals surface area contributed by atoms with Crippen LogP contribution in [0.15, 0.2) is 48.5 Å². The summed E-state index contributed by atoms with van der Waals surface area (Å²) in [5, 5.41) is 1.44. The van der Waals surface area contributed by atoms with Gasteiger partial charge in [-0.25, -0.2) is 0 Å². The lowest BCUT2D eigenvalue weighted by Crippen LogP contribution is -2.28. The Balaban J connectivity index is 2.09. The molecular weight excluding hydrogens is 282 g/mol. The fourth-order valence-electron chi connectivity index (χ4n) is 3.94. The second-order valence-corrected chi connectivity index (χ2v) is 13.2. The van der Waals surface area contributed by atoms with Gasteiger partial charge in [-0.1, -0.05) is 69.0 Å². The molecule has 2 heteroatoms. The van der Waals surface area contributed by atoms with Crippen molar-refractivity contribution < 1.29 is 0 Å². The van der Waals surface area contributed by atoms with Gasteiger partial charge in [0.1, 0.15) is 0 Å². The van der Waals surface area contributed by atoms with E-state index in [0.29, 0.717) is 5.92 Å². The van der Waals surface area contributed by atoms with Crippen molar-refractivity contribution in [2.24, 2.45) is 0 Å². The number of aromatic nitrogens is 1. The summed E-state index contributed by atoms with van der Waals surface area (Å²) in [5.74, 6) is 0.499. The maximum absolute atomic E-state index is 2.61. The summed E-state index contributed by atoms with van der Waals surface area (Å²) < 4.78 is 2.61. The third kappa shape index (κ3) is 1.90. The molecule has 1 unspecified atom stereocenters. The van der Waals surface area contributed by atoms with Crippen LogP contribution < -0.4 is 0 Å². The molecule has 0 N–H and O–H groups in total. The van der Waals surface area contributed by atoms with Gasteiger partial charge < -0.3 is 4.57 Å². The molecule has 1 aromatic heterocycles. The highest BCUT2D eigenvalue weighted by molar-refractivity contribution is 6.75. The fraction of sp³-hybridized carbons (Fsp3) is 0.300. The molecule has 4 rings (SSSR count). The predicted octanol–water partition coefficient (Wildman–Crippen LogP) is 5.65. The van der Waals surface area contributed by atoms with Gasteiger partial charge >= 0.3 is 0 Å². The Morgan fingerprint density at radius 3 is 2.41 bits per heavy atom. The second kappa shape index (κ2) is 4.59. The molecule has 1 nitrogen and oxygen atoms in total. The lowest BCUT2D eigenvalue weighted by Gasteiger charge is -2.20. The second-order valence-electron chi connectivity index (χ2n) is 7.74. The highest BCUT2D eigenvalue weighted by Gasteiger charge is 2.32. The zero-order chi connectivity index (χ0) is 15.5. The zero-order valence-corrected chi connectivity index (χ0v) is 14.9. The number of benzene rings is 2. The average molecular weight is 305 g/mol. The minimum Gasteiger partial charge on any atom is -0.343 e. The van der Waals surface area contributed by atoms with Gasteiger partial charge in [0.05, 0.1) is 13.8 Å². The van der Waals surface area contributed by atoms with Gasteiger partial charge in [0.2, 0.25) is 0 Å². The number of hydrogen-bond donors (Lipinski definition) is 0. The van der Waals surface area contributed by atoms with Crippen LogP contribution in [0.25, 0.3) is 22.2 Å². The molecule has 0 aliphatic heterocycles. The van der Waals surface area contributed by atoms with Gasteiger partial charge in [0, 0.05) is 28.6 Å². The van der Waals surface area contributed by atoms with E-state index >= 15 is 0 Å². The van der Waals surface area contributed by atoms with E-state index in [1.807, 2.05) is 0 Å². The fourth-order valence-corrected chi connectivity index (χ4v) is 5.22. The van der Waals surface area contributed by atoms with Crippen LogP contribution in [0.4, 0.5) is 0 Å². The molecule has 22 heavy (non-hydrogen) atoms. The van der Waals surface area contributed by atoms with Crippen molar-refractivity contribution in [1.82, 2.24) is 4.57 Å². The number of fused-ring (bicyclic) bond motifs is 5. The molecule has 0 saturated carbocycles. The third-order valence-electron chi connectivity index (χ3n) is 4.76. The number of nitrogens with zero attached hydrogens (tertiary/aromatic N) is 1. The molecule has 0 radical (unpaired) electrons. The van der Waals surface area contributed by atoms with E-state index in [0.717, 1.165) is 0 Å². The molecule has 0 saturated heterocycles. The van der Waals surface area contributed by atoms with Crippen LogP contribution in [0, 0.1) is 0 Å². The first kappa shape index (κ1) is 13.8. The van der Waals surface area contributed by atoms with Gasteiger partial charge in [-0.2, -0.15) is 0 Å². The monoisotopic (exact) mass is 305 g/mol. The van der Waals surface area contributed by atoms with Crippen LogP contribution in [-0.4, -0.2) is 12.6 Å². The lowest BCUT2D eigenvalue weighted by molar-refractivity contribution is 0.901. The van der Waals surface area contributed by atoms with Crippen molar-refractivity contribution in [1.29, 1.82) is 0 Å². The maximum atomic E-state index is 2.61. The maximum Gasteiger partial charge on any atom is 0.0671 e. The summed E-state index contributed by atoms with van der Waals surface area (Å²) in [6.45, 7) is 9.73. The van der Waals surface area contributed by atoms with Crippen LogP contribution in [0.1, 0.15) is 24.0 Å². The van der Waals surface area contributed by atoms with Crippen molar-refractivity contribution in [2.45, 2.75) is 38.7 Å². The molecule has 0 amide bonds. The number of rotatable bonds is 2. The Hall–Kier alpha value is -1.80. The SMILES string of the molecule is CC1c2ccccc2-c2c1c1ccccc1n2C[Si](C)(C)C. The molecule has 2 aromatic carbocycles. The standard InChI is InChI=1S/C20H23NSi/c1-14-15-9-5-6-10-16(15)20-19(14)17-11-7-8-12-18(17)21(20)13-22(2,3)4/h5-12,14H,13H2,1-4H3. The van der Waals surface area contributed by atoms with Crippen molar-refractivity contribution in [3.05, 3.63) is 59.7 Å². The van der Waals surface area contributed by atoms with Gasteiger partial charge in [0.15, 0.2) is 0 Å². The molecular formula is C20H23NSi. The topological polar surface area (TPSA) is 4.93 Å². The van der Waals surface area contributed by atoms with Crippen LogP contribution >= 0.6 is 0 Å². The molecule has 1 atom stereocenters. The van der Waals surface area contributed by atoms with E-state index in [4.69, 9.17) is 0 Å². The highest BCUT2D eigenvalue weighted by Crippen LogP contribution is 2.49. The van der Waals surface area contributed by atoms with Crippen molar-refractivity contribution >= 4 is 19.0 Å². The van der Waals surface area contributed by atoms with Crippen molar-refractivity contribution in [2.75, 3.05) is 0 Å². The molecule has 1 heterocycles. The molecule has 112 valence electrons. The van der Waals surface area contributed by atoms with Gasteiger partial charge in [-0.05, 0) is 17.2 Å². The van der Waals surface area contributed by atoms with Crippen LogP contribution in [0.3, 0.4) is 0 Å². The van der Waals surface area contributed by atoms with E-state index in [-0.39, 0.29) is 0 Å². The van der Waals surface area contributed by atoms with E-state index < -0.39 is 8.07 Å². The van der Waals surface area contributed by atoms with Crippen LogP contribution in [-0.2, 0) is 6.17 Å². The van der Waals surface area contributed by atoms with Crippen LogP contribution in [0.5, 0.6) is 0 Å². The van der Waals surface area contributed by atoms with E-state index in [9.17, 15) is 0 Å². The summed E-state index contributed by atoms with van der Waals surface area (Å²) in [6.07, 6.45) is 1.18. The van der Waals surface area contributed by atoms with E-state index in [2.05, 4.69) is 79.7 Å². The molecule has 0 bridgehead atoms. The Morgan fingerprint density at radius 2 is 1.64 bits per heavy atom. The quantitative estimate of drug-likeness (QED) is 0.539. The first-order valence-corrected chi connectivity index (χ1v) is 11.9. The molecule has 3 aromatic rings.